The number of ether oxygens (including phenoxy) is 1. The summed E-state index contributed by atoms with van der Waals surface area (Å²) in [4.78, 5) is 21.4. The molecule has 0 unspecified atom stereocenters. The van der Waals surface area contributed by atoms with E-state index in [1.165, 1.54) is 19.2 Å². The molecule has 1 amide bonds. The highest BCUT2D eigenvalue weighted by molar-refractivity contribution is 7.92. The Morgan fingerprint density at radius 2 is 1.92 bits per heavy atom. The highest BCUT2D eigenvalue weighted by Gasteiger charge is 2.40. The van der Waals surface area contributed by atoms with Crippen molar-refractivity contribution in [2.24, 2.45) is 0 Å². The van der Waals surface area contributed by atoms with Gasteiger partial charge in [-0.3, -0.25) is 4.79 Å². The first-order valence-electron chi connectivity index (χ1n) is 8.09. The second kappa shape index (κ2) is 6.14. The van der Waals surface area contributed by atoms with E-state index < -0.39 is 15.1 Å². The number of aromatic amines is 1. The van der Waals surface area contributed by atoms with Crippen molar-refractivity contribution in [1.82, 2.24) is 14.9 Å². The Labute approximate surface area is 150 Å². The first-order chi connectivity index (χ1) is 12.5. The van der Waals surface area contributed by atoms with Crippen molar-refractivity contribution in [2.45, 2.75) is 10.1 Å². The molecule has 2 aromatic carbocycles. The van der Waals surface area contributed by atoms with E-state index >= 15 is 0 Å². The smallest absolute Gasteiger partial charge is 0.254 e. The maximum absolute atomic E-state index is 12.7. The third kappa shape index (κ3) is 2.72. The summed E-state index contributed by atoms with van der Waals surface area (Å²) in [5.74, 6) is 0.422. The second-order valence-corrected chi connectivity index (χ2v) is 8.42. The summed E-state index contributed by atoms with van der Waals surface area (Å²) in [5, 5.41) is -0.587. The number of rotatable bonds is 4. The van der Waals surface area contributed by atoms with Crippen LogP contribution in [0.1, 0.15) is 10.4 Å². The number of imidazole rings is 1. The Hall–Kier alpha value is -2.87. The molecular formula is C18H17N3O4S. The average molecular weight is 371 g/mol. The van der Waals surface area contributed by atoms with Crippen LogP contribution in [0.5, 0.6) is 5.75 Å². The molecule has 8 heteroatoms. The van der Waals surface area contributed by atoms with Gasteiger partial charge in [-0.1, -0.05) is 0 Å². The summed E-state index contributed by atoms with van der Waals surface area (Å²) in [6.07, 6.45) is 1.57. The molecule has 7 nitrogen and oxygen atoms in total. The van der Waals surface area contributed by atoms with E-state index in [1.54, 1.807) is 41.6 Å². The minimum atomic E-state index is -3.47. The predicted molar refractivity (Wildman–Crippen MR) is 96.0 cm³/mol. The lowest BCUT2D eigenvalue weighted by Gasteiger charge is -2.38. The molecule has 4 rings (SSSR count). The molecule has 0 spiro atoms. The van der Waals surface area contributed by atoms with Crippen LogP contribution in [-0.4, -0.2) is 54.6 Å². The van der Waals surface area contributed by atoms with E-state index in [4.69, 9.17) is 4.74 Å². The second-order valence-electron chi connectivity index (χ2n) is 6.19. The monoisotopic (exact) mass is 371 g/mol. The van der Waals surface area contributed by atoms with Crippen LogP contribution in [0.2, 0.25) is 0 Å². The van der Waals surface area contributed by atoms with Crippen LogP contribution in [0.3, 0.4) is 0 Å². The Kier molecular flexibility index (Phi) is 3.91. The third-order valence-corrected chi connectivity index (χ3v) is 6.73. The number of benzene rings is 2. The maximum atomic E-state index is 12.7. The van der Waals surface area contributed by atoms with Gasteiger partial charge in [-0.05, 0) is 42.5 Å². The number of methoxy groups -OCH3 is 1. The Morgan fingerprint density at radius 3 is 2.62 bits per heavy atom. The fraction of sp³-hybridized carbons (Fsp3) is 0.222. The van der Waals surface area contributed by atoms with Crippen molar-refractivity contribution >= 4 is 26.8 Å². The van der Waals surface area contributed by atoms with Crippen LogP contribution in [0, 0.1) is 0 Å². The fourth-order valence-electron chi connectivity index (χ4n) is 3.01. The number of nitrogens with zero attached hydrogens (tertiary/aromatic N) is 2. The molecule has 1 aromatic heterocycles. The number of sulfone groups is 1. The van der Waals surface area contributed by atoms with Crippen molar-refractivity contribution in [3.8, 4) is 5.75 Å². The first-order valence-corrected chi connectivity index (χ1v) is 9.64. The largest absolute Gasteiger partial charge is 0.497 e. The van der Waals surface area contributed by atoms with E-state index in [2.05, 4.69) is 9.97 Å². The number of carbonyl (C=O) groups excluding carboxylic acids is 1. The van der Waals surface area contributed by atoms with Gasteiger partial charge in [-0.25, -0.2) is 13.4 Å². The molecule has 1 saturated heterocycles. The van der Waals surface area contributed by atoms with Crippen LogP contribution in [0.25, 0.3) is 11.0 Å². The molecule has 1 N–H and O–H groups in total. The number of carbonyl (C=O) groups is 1. The van der Waals surface area contributed by atoms with Gasteiger partial charge in [-0.2, -0.15) is 0 Å². The molecule has 0 bridgehead atoms. The van der Waals surface area contributed by atoms with Gasteiger partial charge in [0, 0.05) is 18.7 Å². The molecule has 1 aliphatic heterocycles. The van der Waals surface area contributed by atoms with Crippen molar-refractivity contribution < 1.29 is 17.9 Å². The number of hydrogen-bond acceptors (Lipinski definition) is 5. The van der Waals surface area contributed by atoms with E-state index in [0.29, 0.717) is 11.3 Å². The normalized spacial score (nSPS) is 15.0. The molecule has 0 saturated carbocycles. The summed E-state index contributed by atoms with van der Waals surface area (Å²) < 4.78 is 30.4. The summed E-state index contributed by atoms with van der Waals surface area (Å²) in [5.41, 5.74) is 2.07. The topological polar surface area (TPSA) is 92.4 Å². The van der Waals surface area contributed by atoms with E-state index in [-0.39, 0.29) is 23.9 Å². The van der Waals surface area contributed by atoms with Gasteiger partial charge in [0.25, 0.3) is 5.91 Å². The lowest BCUT2D eigenvalue weighted by molar-refractivity contribution is 0.0659. The minimum absolute atomic E-state index is 0.178. The molecule has 26 heavy (non-hydrogen) atoms. The molecule has 0 radical (unpaired) electrons. The molecule has 134 valence electrons. The molecule has 0 aliphatic carbocycles. The fourth-order valence-corrected chi connectivity index (χ4v) is 4.66. The summed E-state index contributed by atoms with van der Waals surface area (Å²) in [6.45, 7) is 0.377. The highest BCUT2D eigenvalue weighted by Crippen LogP contribution is 2.26. The minimum Gasteiger partial charge on any atom is -0.497 e. The number of aromatic nitrogens is 2. The van der Waals surface area contributed by atoms with Gasteiger partial charge in [0.05, 0.1) is 29.4 Å². The Morgan fingerprint density at radius 1 is 1.19 bits per heavy atom. The van der Waals surface area contributed by atoms with Gasteiger partial charge in [0.15, 0.2) is 9.84 Å². The summed E-state index contributed by atoms with van der Waals surface area (Å²) in [6, 6.07) is 11.5. The number of H-pyrrole nitrogens is 1. The third-order valence-electron chi connectivity index (χ3n) is 4.63. The molecule has 0 atom stereocenters. The predicted octanol–water partition coefficient (Wildman–Crippen LogP) is 1.87. The molecule has 1 aliphatic rings. The van der Waals surface area contributed by atoms with E-state index in [1.807, 2.05) is 0 Å². The first kappa shape index (κ1) is 16.6. The highest BCUT2D eigenvalue weighted by atomic mass is 32.2. The zero-order chi connectivity index (χ0) is 18.3. The summed E-state index contributed by atoms with van der Waals surface area (Å²) >= 11 is 0. The van der Waals surface area contributed by atoms with Crippen molar-refractivity contribution in [2.75, 3.05) is 20.2 Å². The van der Waals surface area contributed by atoms with Gasteiger partial charge in [0.1, 0.15) is 11.0 Å². The van der Waals surface area contributed by atoms with E-state index in [9.17, 15) is 13.2 Å². The average Bonchev–Trinajstić information content (AvgIpc) is 3.07. The molecular weight excluding hydrogens is 354 g/mol. The number of nitrogens with one attached hydrogen (secondary N) is 1. The SMILES string of the molecule is COc1ccc(S(=O)(=O)C2CN(C(=O)c3ccc4nc[nH]c4c3)C2)cc1. The number of likely N-dealkylation sites (tertiary alicyclic amines) is 1. The lowest BCUT2D eigenvalue weighted by atomic mass is 10.1. The Bertz CT molecular complexity index is 1070. The molecule has 3 aromatic rings. The van der Waals surface area contributed by atoms with Crippen molar-refractivity contribution in [1.29, 1.82) is 0 Å². The van der Waals surface area contributed by atoms with Crippen LogP contribution < -0.4 is 4.74 Å². The van der Waals surface area contributed by atoms with Gasteiger partial charge in [-0.15, -0.1) is 0 Å². The van der Waals surface area contributed by atoms with Crippen LogP contribution in [-0.2, 0) is 9.84 Å². The van der Waals surface area contributed by atoms with Crippen molar-refractivity contribution in [3.63, 3.8) is 0 Å². The van der Waals surface area contributed by atoms with Gasteiger partial charge in [0.2, 0.25) is 0 Å². The standard InChI is InChI=1S/C18H17N3O4S/c1-25-13-3-5-14(6-4-13)26(23,24)15-9-21(10-15)18(22)12-2-7-16-17(8-12)20-11-19-16/h2-8,11,15H,9-10H2,1H3,(H,19,20). The number of fused-ring (bicyclic) bond motifs is 1. The quantitative estimate of drug-likeness (QED) is 0.756. The van der Waals surface area contributed by atoms with E-state index in [0.717, 1.165) is 11.0 Å². The number of hydrogen-bond donors (Lipinski definition) is 1. The van der Waals surface area contributed by atoms with Gasteiger partial charge >= 0.3 is 0 Å². The van der Waals surface area contributed by atoms with Crippen molar-refractivity contribution in [3.05, 3.63) is 54.4 Å². The zero-order valence-electron chi connectivity index (χ0n) is 14.0. The molecule has 1 fully saturated rings. The van der Waals surface area contributed by atoms with Gasteiger partial charge < -0.3 is 14.6 Å². The lowest BCUT2D eigenvalue weighted by Crippen LogP contribution is -2.56. The van der Waals surface area contributed by atoms with Crippen LogP contribution in [0.4, 0.5) is 0 Å². The summed E-state index contributed by atoms with van der Waals surface area (Å²) in [7, 11) is -1.94. The molecule has 2 heterocycles. The Balaban J connectivity index is 1.47. The zero-order valence-corrected chi connectivity index (χ0v) is 14.9. The maximum Gasteiger partial charge on any atom is 0.254 e. The van der Waals surface area contributed by atoms with Crippen LogP contribution in [0.15, 0.2) is 53.7 Å². The van der Waals surface area contributed by atoms with Crippen LogP contribution >= 0.6 is 0 Å². The number of amides is 1.